The van der Waals surface area contributed by atoms with Gasteiger partial charge in [-0.2, -0.15) is 0 Å². The maximum atomic E-state index is 12.2. The minimum Gasteiger partial charge on any atom is -0.352 e. The quantitative estimate of drug-likeness (QED) is 0.715. The van der Waals surface area contributed by atoms with Crippen LogP contribution < -0.4 is 10.2 Å². The van der Waals surface area contributed by atoms with Gasteiger partial charge < -0.3 is 15.2 Å². The molecule has 2 aliphatic heterocycles. The summed E-state index contributed by atoms with van der Waals surface area (Å²) < 4.78 is 0.469. The number of fused-ring (bicyclic) bond motifs is 4. The zero-order chi connectivity index (χ0) is 13.7. The largest absolute Gasteiger partial charge is 0.352 e. The Balaban J connectivity index is 1.91. The Kier molecular flexibility index (Phi) is 2.51. The highest BCUT2D eigenvalue weighted by Gasteiger charge is 2.49. The number of rotatable bonds is 0. The van der Waals surface area contributed by atoms with Crippen LogP contribution in [0.25, 0.3) is 6.08 Å². The molecular formula is C14H16N4OS. The molecule has 1 unspecified atom stereocenters. The number of nitrogens with one attached hydrogen (secondary N) is 2. The van der Waals surface area contributed by atoms with E-state index in [0.717, 1.165) is 30.8 Å². The molecule has 3 heterocycles. The van der Waals surface area contributed by atoms with E-state index in [1.165, 1.54) is 12.8 Å². The summed E-state index contributed by atoms with van der Waals surface area (Å²) in [6.07, 6.45) is 10.4. The van der Waals surface area contributed by atoms with Gasteiger partial charge >= 0.3 is 0 Å². The Labute approximate surface area is 122 Å². The van der Waals surface area contributed by atoms with Gasteiger partial charge in [-0.15, -0.1) is 0 Å². The molecule has 1 aromatic rings. The topological polar surface area (TPSA) is 61.0 Å². The number of aromatic amines is 1. The summed E-state index contributed by atoms with van der Waals surface area (Å²) in [6, 6.07) is -0.234. The van der Waals surface area contributed by atoms with Crippen LogP contribution in [0.1, 0.15) is 31.2 Å². The maximum absolute atomic E-state index is 12.2. The number of aromatic nitrogens is 2. The Bertz CT molecular complexity index is 659. The van der Waals surface area contributed by atoms with E-state index < -0.39 is 0 Å². The second-order valence-corrected chi connectivity index (χ2v) is 6.20. The molecule has 5 nitrogen and oxygen atoms in total. The molecule has 2 fully saturated rings. The van der Waals surface area contributed by atoms with Gasteiger partial charge in [-0.1, -0.05) is 25.0 Å². The lowest BCUT2D eigenvalue weighted by molar-refractivity contribution is -0.123. The van der Waals surface area contributed by atoms with Crippen molar-refractivity contribution in [1.29, 1.82) is 0 Å². The van der Waals surface area contributed by atoms with E-state index in [4.69, 9.17) is 12.2 Å². The van der Waals surface area contributed by atoms with Crippen LogP contribution in [0.3, 0.4) is 0 Å². The van der Waals surface area contributed by atoms with E-state index in [0.29, 0.717) is 4.77 Å². The van der Waals surface area contributed by atoms with Crippen molar-refractivity contribution in [2.75, 3.05) is 11.4 Å². The van der Waals surface area contributed by atoms with Crippen molar-refractivity contribution in [2.24, 2.45) is 0 Å². The molecule has 3 aliphatic rings. The zero-order valence-corrected chi connectivity index (χ0v) is 11.9. The smallest absolute Gasteiger partial charge is 0.246 e. The van der Waals surface area contributed by atoms with Gasteiger partial charge in [0.2, 0.25) is 5.91 Å². The number of carbonyl (C=O) groups is 1. The molecule has 0 radical (unpaired) electrons. The summed E-state index contributed by atoms with van der Waals surface area (Å²) in [5, 5.41) is 3.07. The number of anilines is 1. The predicted molar refractivity (Wildman–Crippen MR) is 78.9 cm³/mol. The number of carbonyl (C=O) groups excluding carboxylic acids is 1. The molecule has 20 heavy (non-hydrogen) atoms. The second-order valence-electron chi connectivity index (χ2n) is 5.82. The fourth-order valence-corrected chi connectivity index (χ4v) is 3.91. The third-order valence-electron chi connectivity index (χ3n) is 4.70. The zero-order valence-electron chi connectivity index (χ0n) is 11.1. The Hall–Kier alpha value is -1.69. The monoisotopic (exact) mass is 288 g/mol. The van der Waals surface area contributed by atoms with Gasteiger partial charge in [0.05, 0.1) is 5.54 Å². The molecule has 1 spiro atoms. The third kappa shape index (κ3) is 1.57. The van der Waals surface area contributed by atoms with Crippen LogP contribution in [0.5, 0.6) is 0 Å². The molecular weight excluding hydrogens is 272 g/mol. The van der Waals surface area contributed by atoms with Gasteiger partial charge in [0.25, 0.3) is 0 Å². The summed E-state index contributed by atoms with van der Waals surface area (Å²) in [6.45, 7) is 0.721. The number of amides is 1. The van der Waals surface area contributed by atoms with Crippen molar-refractivity contribution in [2.45, 2.75) is 37.3 Å². The lowest BCUT2D eigenvalue weighted by Gasteiger charge is -2.51. The van der Waals surface area contributed by atoms with E-state index in [9.17, 15) is 4.79 Å². The van der Waals surface area contributed by atoms with Crippen molar-refractivity contribution in [3.05, 3.63) is 22.6 Å². The molecule has 6 heteroatoms. The minimum absolute atomic E-state index is 0.0255. The number of hydrogen-bond donors (Lipinski definition) is 2. The van der Waals surface area contributed by atoms with Crippen molar-refractivity contribution in [3.8, 4) is 0 Å². The molecule has 1 amide bonds. The Morgan fingerprint density at radius 1 is 1.40 bits per heavy atom. The fourth-order valence-electron chi connectivity index (χ4n) is 3.77. The van der Waals surface area contributed by atoms with Crippen molar-refractivity contribution < 1.29 is 4.79 Å². The standard InChI is InChI=1S/C14H16N4OS/c19-12-10-4-3-9-7-15-13(20)17-11(9)18(10)14(8-16-12)5-1-2-6-14/h3-4,7,10H,1-2,5-6,8H2,(H,16,19)(H,15,17,20). The third-order valence-corrected chi connectivity index (χ3v) is 4.91. The van der Waals surface area contributed by atoms with Gasteiger partial charge in [-0.3, -0.25) is 4.79 Å². The minimum atomic E-state index is -0.234. The number of piperazine rings is 1. The molecule has 1 saturated carbocycles. The first-order valence-corrected chi connectivity index (χ1v) is 7.45. The van der Waals surface area contributed by atoms with Crippen LogP contribution in [0.2, 0.25) is 0 Å². The number of H-pyrrole nitrogens is 1. The second kappa shape index (κ2) is 4.15. The van der Waals surface area contributed by atoms with Gasteiger partial charge in [-0.25, -0.2) is 4.98 Å². The van der Waals surface area contributed by atoms with E-state index in [2.05, 4.69) is 20.2 Å². The first kappa shape index (κ1) is 12.1. The van der Waals surface area contributed by atoms with Crippen LogP contribution in [0.4, 0.5) is 5.82 Å². The molecule has 1 atom stereocenters. The highest BCUT2D eigenvalue weighted by Crippen LogP contribution is 2.43. The van der Waals surface area contributed by atoms with E-state index >= 15 is 0 Å². The van der Waals surface area contributed by atoms with Crippen molar-refractivity contribution >= 4 is 30.0 Å². The SMILES string of the molecule is O=C1NCC2(CCCC2)N2c3[nH]c(=S)ncc3C=CC12. The predicted octanol–water partition coefficient (Wildman–Crippen LogP) is 1.78. The average molecular weight is 288 g/mol. The molecule has 4 rings (SSSR count). The molecule has 1 aromatic heterocycles. The van der Waals surface area contributed by atoms with Gasteiger partial charge in [0.1, 0.15) is 11.9 Å². The first-order valence-electron chi connectivity index (χ1n) is 7.04. The van der Waals surface area contributed by atoms with Crippen LogP contribution in [0, 0.1) is 4.77 Å². The molecule has 1 aliphatic carbocycles. The highest BCUT2D eigenvalue weighted by molar-refractivity contribution is 7.71. The number of hydrogen-bond acceptors (Lipinski definition) is 4. The van der Waals surface area contributed by atoms with E-state index in [-0.39, 0.29) is 17.5 Å². The summed E-state index contributed by atoms with van der Waals surface area (Å²) in [4.78, 5) is 21.8. The van der Waals surface area contributed by atoms with Crippen molar-refractivity contribution in [3.63, 3.8) is 0 Å². The molecule has 2 N–H and O–H groups in total. The van der Waals surface area contributed by atoms with Crippen molar-refractivity contribution in [1.82, 2.24) is 15.3 Å². The molecule has 1 saturated heterocycles. The van der Waals surface area contributed by atoms with Gasteiger partial charge in [-0.05, 0) is 25.1 Å². The van der Waals surface area contributed by atoms with Gasteiger partial charge in [0, 0.05) is 18.3 Å². The summed E-state index contributed by atoms with van der Waals surface area (Å²) in [7, 11) is 0. The van der Waals surface area contributed by atoms with Crippen LogP contribution in [0.15, 0.2) is 12.3 Å². The van der Waals surface area contributed by atoms with Crippen LogP contribution in [-0.2, 0) is 4.79 Å². The first-order chi connectivity index (χ1) is 9.70. The van der Waals surface area contributed by atoms with Crippen LogP contribution >= 0.6 is 12.2 Å². The highest BCUT2D eigenvalue weighted by atomic mass is 32.1. The molecule has 0 bridgehead atoms. The average Bonchev–Trinajstić information content (AvgIpc) is 2.92. The normalized spacial score (nSPS) is 26.3. The molecule has 104 valence electrons. The Morgan fingerprint density at radius 3 is 3.00 bits per heavy atom. The maximum Gasteiger partial charge on any atom is 0.246 e. The van der Waals surface area contributed by atoms with E-state index in [1.54, 1.807) is 6.20 Å². The lowest BCUT2D eigenvalue weighted by atomic mass is 9.87. The summed E-state index contributed by atoms with van der Waals surface area (Å²) >= 11 is 5.17. The molecule has 0 aromatic carbocycles. The van der Waals surface area contributed by atoms with Gasteiger partial charge in [0.15, 0.2) is 4.77 Å². The number of nitrogens with zero attached hydrogens (tertiary/aromatic N) is 2. The van der Waals surface area contributed by atoms with E-state index in [1.807, 2.05) is 12.2 Å². The summed E-state index contributed by atoms with van der Waals surface area (Å²) in [5.41, 5.74) is 1.04. The lowest BCUT2D eigenvalue weighted by Crippen LogP contribution is -2.67. The fraction of sp³-hybridized carbons (Fsp3) is 0.500. The summed E-state index contributed by atoms with van der Waals surface area (Å²) in [5.74, 6) is 1.02. The van der Waals surface area contributed by atoms with Crippen LogP contribution in [-0.4, -0.2) is 34.0 Å². The Morgan fingerprint density at radius 2 is 2.20 bits per heavy atom.